The van der Waals surface area contributed by atoms with Crippen molar-refractivity contribution in [3.05, 3.63) is 53.1 Å². The third-order valence-electron chi connectivity index (χ3n) is 6.02. The molecular formula is C24H28N2O5S. The normalized spacial score (nSPS) is 20.5. The Labute approximate surface area is 192 Å². The van der Waals surface area contributed by atoms with E-state index >= 15 is 0 Å². The largest absolute Gasteiger partial charge is 0.497 e. The Balaban J connectivity index is 1.52. The van der Waals surface area contributed by atoms with Gasteiger partial charge in [0, 0.05) is 16.9 Å². The highest BCUT2D eigenvalue weighted by atomic mass is 32.2. The minimum Gasteiger partial charge on any atom is -0.497 e. The Morgan fingerprint density at radius 3 is 2.41 bits per heavy atom. The van der Waals surface area contributed by atoms with Gasteiger partial charge in [0.25, 0.3) is 5.91 Å². The summed E-state index contributed by atoms with van der Waals surface area (Å²) in [5.74, 6) is 1.37. The molecule has 2 aromatic rings. The number of methoxy groups -OCH3 is 3. The van der Waals surface area contributed by atoms with Gasteiger partial charge in [-0.25, -0.2) is 0 Å². The monoisotopic (exact) mass is 456 g/mol. The van der Waals surface area contributed by atoms with Gasteiger partial charge in [-0.1, -0.05) is 18.2 Å². The molecule has 1 saturated heterocycles. The first-order valence-electron chi connectivity index (χ1n) is 10.5. The second kappa shape index (κ2) is 8.58. The zero-order chi connectivity index (χ0) is 23.0. The summed E-state index contributed by atoms with van der Waals surface area (Å²) in [6, 6.07) is 10.9. The zero-order valence-electron chi connectivity index (χ0n) is 18.9. The van der Waals surface area contributed by atoms with E-state index in [1.54, 1.807) is 30.9 Å². The Morgan fingerprint density at radius 1 is 1.06 bits per heavy atom. The topological polar surface area (TPSA) is 77.1 Å². The number of ether oxygens (including phenoxy) is 3. The average molecular weight is 457 g/mol. The SMILES string of the molecule is COc1ccc(CCNC(=O)[C@H]2N3C(=O)c4c(ccc(OC)c4OC)C3SC2(C)C)cc1. The predicted molar refractivity (Wildman–Crippen MR) is 124 cm³/mol. The van der Waals surface area contributed by atoms with Crippen LogP contribution in [0.25, 0.3) is 0 Å². The fourth-order valence-corrected chi connectivity index (χ4v) is 6.05. The van der Waals surface area contributed by atoms with Crippen molar-refractivity contribution >= 4 is 23.6 Å². The minimum absolute atomic E-state index is 0.148. The quantitative estimate of drug-likeness (QED) is 0.688. The van der Waals surface area contributed by atoms with Crippen LogP contribution in [0.15, 0.2) is 36.4 Å². The predicted octanol–water partition coefficient (Wildman–Crippen LogP) is 3.42. The maximum Gasteiger partial charge on any atom is 0.260 e. The van der Waals surface area contributed by atoms with E-state index in [0.717, 1.165) is 16.9 Å². The van der Waals surface area contributed by atoms with Crippen LogP contribution in [0.2, 0.25) is 0 Å². The molecule has 1 fully saturated rings. The molecule has 0 aromatic heterocycles. The van der Waals surface area contributed by atoms with Gasteiger partial charge in [0.05, 0.1) is 26.9 Å². The number of thioether (sulfide) groups is 1. The van der Waals surface area contributed by atoms with Crippen LogP contribution in [-0.4, -0.2) is 55.4 Å². The van der Waals surface area contributed by atoms with Crippen LogP contribution in [-0.2, 0) is 11.2 Å². The van der Waals surface area contributed by atoms with Crippen LogP contribution in [0.5, 0.6) is 17.2 Å². The van der Waals surface area contributed by atoms with Gasteiger partial charge in [-0.05, 0) is 44.0 Å². The number of amides is 2. The van der Waals surface area contributed by atoms with E-state index in [1.165, 1.54) is 7.11 Å². The molecule has 32 heavy (non-hydrogen) atoms. The number of carbonyl (C=O) groups is 2. The minimum atomic E-state index is -0.594. The van der Waals surface area contributed by atoms with Crippen LogP contribution >= 0.6 is 11.8 Å². The maximum absolute atomic E-state index is 13.5. The fourth-order valence-electron chi connectivity index (χ4n) is 4.47. The summed E-state index contributed by atoms with van der Waals surface area (Å²) in [6.07, 6.45) is 0.693. The number of rotatable bonds is 7. The molecule has 0 bridgehead atoms. The highest BCUT2D eigenvalue weighted by molar-refractivity contribution is 8.01. The fraction of sp³-hybridized carbons (Fsp3) is 0.417. The molecule has 2 aliphatic heterocycles. The van der Waals surface area contributed by atoms with Crippen molar-refractivity contribution in [1.82, 2.24) is 10.2 Å². The lowest BCUT2D eigenvalue weighted by Crippen LogP contribution is -2.52. The smallest absolute Gasteiger partial charge is 0.260 e. The van der Waals surface area contributed by atoms with Crippen LogP contribution in [0.3, 0.4) is 0 Å². The molecule has 1 N–H and O–H groups in total. The summed E-state index contributed by atoms with van der Waals surface area (Å²) in [6.45, 7) is 4.51. The third kappa shape index (κ3) is 3.66. The van der Waals surface area contributed by atoms with Crippen LogP contribution in [0, 0.1) is 0 Å². The van der Waals surface area contributed by atoms with Crippen molar-refractivity contribution in [2.75, 3.05) is 27.9 Å². The highest BCUT2D eigenvalue weighted by Crippen LogP contribution is 2.58. The number of carbonyl (C=O) groups excluding carboxylic acids is 2. The molecule has 170 valence electrons. The van der Waals surface area contributed by atoms with Crippen molar-refractivity contribution in [3.63, 3.8) is 0 Å². The average Bonchev–Trinajstić information content (AvgIpc) is 3.22. The van der Waals surface area contributed by atoms with E-state index in [2.05, 4.69) is 5.32 Å². The van der Waals surface area contributed by atoms with E-state index in [-0.39, 0.29) is 17.2 Å². The number of benzene rings is 2. The van der Waals surface area contributed by atoms with Crippen molar-refractivity contribution in [2.24, 2.45) is 0 Å². The molecule has 0 radical (unpaired) electrons. The van der Waals surface area contributed by atoms with E-state index < -0.39 is 10.8 Å². The molecule has 2 amide bonds. The summed E-state index contributed by atoms with van der Waals surface area (Å²) in [4.78, 5) is 28.4. The number of hydrogen-bond acceptors (Lipinski definition) is 6. The van der Waals surface area contributed by atoms with Crippen LogP contribution in [0.1, 0.15) is 40.7 Å². The van der Waals surface area contributed by atoms with Crippen molar-refractivity contribution < 1.29 is 23.8 Å². The zero-order valence-corrected chi connectivity index (χ0v) is 19.7. The van der Waals surface area contributed by atoms with Gasteiger partial charge in [0.15, 0.2) is 11.5 Å². The Bertz CT molecular complexity index is 1040. The number of nitrogens with one attached hydrogen (secondary N) is 1. The first kappa shape index (κ1) is 22.3. The molecule has 2 aromatic carbocycles. The van der Waals surface area contributed by atoms with E-state index in [4.69, 9.17) is 14.2 Å². The van der Waals surface area contributed by atoms with E-state index in [1.807, 2.05) is 50.2 Å². The Morgan fingerprint density at radius 2 is 1.78 bits per heavy atom. The number of hydrogen-bond donors (Lipinski definition) is 1. The molecule has 2 heterocycles. The second-order valence-electron chi connectivity index (χ2n) is 8.34. The molecule has 0 saturated carbocycles. The van der Waals surface area contributed by atoms with Gasteiger partial charge < -0.3 is 24.4 Å². The third-order valence-corrected chi connectivity index (χ3v) is 7.55. The maximum atomic E-state index is 13.5. The molecule has 1 unspecified atom stereocenters. The molecule has 7 nitrogen and oxygen atoms in total. The standard InChI is InChI=1S/C24H28N2O5S/c1-24(2)20(21(27)25-13-12-14-6-8-15(29-3)9-7-14)26-22(28)18-16(23(26)32-24)10-11-17(30-4)19(18)31-5/h6-11,20,23H,12-13H2,1-5H3,(H,25,27)/t20-,23?/m1/s1. The van der Waals surface area contributed by atoms with Crippen molar-refractivity contribution in [3.8, 4) is 17.2 Å². The van der Waals surface area contributed by atoms with Crippen LogP contribution in [0.4, 0.5) is 0 Å². The first-order valence-corrected chi connectivity index (χ1v) is 11.4. The Hall–Kier alpha value is -2.87. The van der Waals surface area contributed by atoms with E-state index in [0.29, 0.717) is 30.0 Å². The summed E-state index contributed by atoms with van der Waals surface area (Å²) in [5.41, 5.74) is 2.45. The number of nitrogens with zero attached hydrogens (tertiary/aromatic N) is 1. The highest BCUT2D eigenvalue weighted by Gasteiger charge is 2.58. The van der Waals surface area contributed by atoms with Gasteiger partial charge >= 0.3 is 0 Å². The summed E-state index contributed by atoms with van der Waals surface area (Å²) in [5, 5.41) is 2.80. The van der Waals surface area contributed by atoms with Crippen molar-refractivity contribution in [2.45, 2.75) is 36.4 Å². The lowest BCUT2D eigenvalue weighted by molar-refractivity contribution is -0.126. The van der Waals surface area contributed by atoms with E-state index in [9.17, 15) is 9.59 Å². The number of fused-ring (bicyclic) bond motifs is 3. The lowest BCUT2D eigenvalue weighted by Gasteiger charge is -2.29. The van der Waals surface area contributed by atoms with Gasteiger partial charge in [0.2, 0.25) is 5.91 Å². The first-order chi connectivity index (χ1) is 15.3. The van der Waals surface area contributed by atoms with Gasteiger partial charge in [-0.3, -0.25) is 9.59 Å². The molecule has 0 spiro atoms. The second-order valence-corrected chi connectivity index (χ2v) is 10.1. The molecule has 2 atom stereocenters. The lowest BCUT2D eigenvalue weighted by atomic mass is 10.0. The summed E-state index contributed by atoms with van der Waals surface area (Å²) >= 11 is 1.62. The molecule has 2 aliphatic rings. The van der Waals surface area contributed by atoms with Gasteiger partial charge in [-0.15, -0.1) is 11.8 Å². The summed E-state index contributed by atoms with van der Waals surface area (Å²) < 4.78 is 15.6. The van der Waals surface area contributed by atoms with Crippen LogP contribution < -0.4 is 19.5 Å². The van der Waals surface area contributed by atoms with Gasteiger partial charge in [0.1, 0.15) is 17.2 Å². The summed E-state index contributed by atoms with van der Waals surface area (Å²) in [7, 11) is 4.70. The Kier molecular flexibility index (Phi) is 5.99. The molecular weight excluding hydrogens is 428 g/mol. The van der Waals surface area contributed by atoms with Crippen molar-refractivity contribution in [1.29, 1.82) is 0 Å². The van der Waals surface area contributed by atoms with Gasteiger partial charge in [-0.2, -0.15) is 0 Å². The molecule has 4 rings (SSSR count). The molecule has 8 heteroatoms. The molecule has 0 aliphatic carbocycles.